The first-order chi connectivity index (χ1) is 17.4. The highest BCUT2D eigenvalue weighted by Gasteiger charge is 2.76. The van der Waals surface area contributed by atoms with Crippen LogP contribution in [0.1, 0.15) is 64.4 Å². The number of aliphatic hydroxyl groups is 1. The Kier molecular flexibility index (Phi) is 7.37. The van der Waals surface area contributed by atoms with Gasteiger partial charge in [0.1, 0.15) is 6.04 Å². The summed E-state index contributed by atoms with van der Waals surface area (Å²) in [7, 11) is 0. The SMILES string of the molecule is CC[C@@H](CO)N1C(=O)[C@@H]2[C@@H](C(=O)NCc3ccccc3)[C@H]3CC(C)C2(S3)C1C(=O)NC1CCCCC1. The predicted octanol–water partition coefficient (Wildman–Crippen LogP) is 2.86. The van der Waals surface area contributed by atoms with Gasteiger partial charge in [0.25, 0.3) is 0 Å². The van der Waals surface area contributed by atoms with Crippen LogP contribution in [0.15, 0.2) is 30.3 Å². The highest BCUT2D eigenvalue weighted by Crippen LogP contribution is 2.68. The maximum atomic E-state index is 14.1. The number of hydrogen-bond donors (Lipinski definition) is 3. The van der Waals surface area contributed by atoms with Gasteiger partial charge < -0.3 is 20.6 Å². The molecule has 1 aliphatic carbocycles. The van der Waals surface area contributed by atoms with Gasteiger partial charge in [-0.15, -0.1) is 11.8 Å². The summed E-state index contributed by atoms with van der Waals surface area (Å²) in [5, 5.41) is 16.6. The smallest absolute Gasteiger partial charge is 0.244 e. The lowest BCUT2D eigenvalue weighted by Gasteiger charge is -2.40. The van der Waals surface area contributed by atoms with Gasteiger partial charge in [0, 0.05) is 17.8 Å². The number of carbonyl (C=O) groups is 3. The van der Waals surface area contributed by atoms with E-state index in [9.17, 15) is 19.5 Å². The molecule has 1 aromatic rings. The molecule has 196 valence electrons. The molecule has 3 heterocycles. The molecule has 3 N–H and O–H groups in total. The van der Waals surface area contributed by atoms with Gasteiger partial charge in [-0.1, -0.05) is 63.4 Å². The lowest BCUT2D eigenvalue weighted by molar-refractivity contribution is -0.143. The van der Waals surface area contributed by atoms with E-state index < -0.39 is 28.7 Å². The van der Waals surface area contributed by atoms with Crippen molar-refractivity contribution in [3.8, 4) is 0 Å². The van der Waals surface area contributed by atoms with Crippen molar-refractivity contribution in [3.63, 3.8) is 0 Å². The fourth-order valence-corrected chi connectivity index (χ4v) is 9.70. The lowest BCUT2D eigenvalue weighted by Crippen LogP contribution is -2.59. The molecule has 2 bridgehead atoms. The van der Waals surface area contributed by atoms with Crippen molar-refractivity contribution >= 4 is 29.5 Å². The molecule has 3 unspecified atom stereocenters. The number of amides is 3. The van der Waals surface area contributed by atoms with E-state index in [0.717, 1.165) is 37.7 Å². The molecular weight excluding hydrogens is 474 g/mol. The maximum Gasteiger partial charge on any atom is 0.244 e. The van der Waals surface area contributed by atoms with Gasteiger partial charge in [0.2, 0.25) is 17.7 Å². The van der Waals surface area contributed by atoms with Crippen LogP contribution in [-0.4, -0.2) is 62.5 Å². The van der Waals surface area contributed by atoms with Crippen LogP contribution in [0.2, 0.25) is 0 Å². The van der Waals surface area contributed by atoms with Gasteiger partial charge in [-0.25, -0.2) is 0 Å². The van der Waals surface area contributed by atoms with Crippen molar-refractivity contribution in [2.45, 2.75) is 93.5 Å². The van der Waals surface area contributed by atoms with Crippen LogP contribution in [0.4, 0.5) is 0 Å². The van der Waals surface area contributed by atoms with Gasteiger partial charge in [0.05, 0.1) is 29.2 Å². The predicted molar refractivity (Wildman–Crippen MR) is 140 cm³/mol. The quantitative estimate of drug-likeness (QED) is 0.497. The number of nitrogens with one attached hydrogen (secondary N) is 2. The number of thioether (sulfide) groups is 1. The molecule has 7 nitrogen and oxygen atoms in total. The minimum absolute atomic E-state index is 0.0195. The Morgan fingerprint density at radius 2 is 1.89 bits per heavy atom. The molecule has 0 aromatic heterocycles. The van der Waals surface area contributed by atoms with Gasteiger partial charge in [-0.3, -0.25) is 14.4 Å². The van der Waals surface area contributed by atoms with E-state index >= 15 is 0 Å². The average molecular weight is 514 g/mol. The van der Waals surface area contributed by atoms with E-state index in [1.807, 2.05) is 37.3 Å². The number of likely N-dealkylation sites (tertiary alicyclic amines) is 1. The molecule has 8 heteroatoms. The summed E-state index contributed by atoms with van der Waals surface area (Å²) in [6.07, 6.45) is 6.73. The Morgan fingerprint density at radius 1 is 1.17 bits per heavy atom. The summed E-state index contributed by atoms with van der Waals surface area (Å²) in [5.41, 5.74) is 1.01. The standard InChI is InChI=1S/C28H39N3O4S/c1-3-20(16-32)31-24(26(34)30-19-12-8-5-9-13-19)28-17(2)14-21(36-28)22(23(28)27(31)35)25(33)29-15-18-10-6-4-7-11-18/h4,6-7,10-11,17,19-24,32H,3,5,8-9,12-16H2,1-2H3,(H,29,33)(H,30,34)/t17?,20-,21+,22-,23-,24?,28?/m0/s1. The Bertz CT molecular complexity index is 980. The first kappa shape index (κ1) is 25.6. The van der Waals surface area contributed by atoms with E-state index in [1.54, 1.807) is 16.7 Å². The molecule has 1 aromatic carbocycles. The molecule has 3 saturated heterocycles. The van der Waals surface area contributed by atoms with Crippen LogP contribution in [0.25, 0.3) is 0 Å². The van der Waals surface area contributed by atoms with Crippen molar-refractivity contribution in [3.05, 3.63) is 35.9 Å². The average Bonchev–Trinajstić information content (AvgIpc) is 3.48. The molecule has 0 radical (unpaired) electrons. The monoisotopic (exact) mass is 513 g/mol. The second-order valence-corrected chi connectivity index (χ2v) is 12.6. The molecule has 4 fully saturated rings. The number of fused-ring (bicyclic) bond motifs is 1. The molecule has 3 amide bonds. The Hall–Kier alpha value is -2.06. The summed E-state index contributed by atoms with van der Waals surface area (Å²) in [4.78, 5) is 43.3. The van der Waals surface area contributed by atoms with Crippen molar-refractivity contribution in [1.29, 1.82) is 0 Å². The van der Waals surface area contributed by atoms with Crippen molar-refractivity contribution in [2.24, 2.45) is 17.8 Å². The van der Waals surface area contributed by atoms with Crippen LogP contribution in [-0.2, 0) is 20.9 Å². The topological polar surface area (TPSA) is 98.7 Å². The molecule has 3 aliphatic heterocycles. The number of nitrogens with zero attached hydrogens (tertiary/aromatic N) is 1. The van der Waals surface area contributed by atoms with Gasteiger partial charge in [0.15, 0.2) is 0 Å². The number of carbonyl (C=O) groups excluding carboxylic acids is 3. The Morgan fingerprint density at radius 3 is 2.56 bits per heavy atom. The summed E-state index contributed by atoms with van der Waals surface area (Å²) < 4.78 is -0.641. The second-order valence-electron chi connectivity index (χ2n) is 11.1. The maximum absolute atomic E-state index is 14.1. The van der Waals surface area contributed by atoms with Gasteiger partial charge >= 0.3 is 0 Å². The fourth-order valence-electron chi connectivity index (χ4n) is 7.30. The summed E-state index contributed by atoms with van der Waals surface area (Å²) >= 11 is 1.69. The van der Waals surface area contributed by atoms with Crippen LogP contribution in [0.5, 0.6) is 0 Å². The summed E-state index contributed by atoms with van der Waals surface area (Å²) in [6.45, 7) is 4.30. The largest absolute Gasteiger partial charge is 0.394 e. The van der Waals surface area contributed by atoms with Crippen molar-refractivity contribution in [2.75, 3.05) is 6.61 Å². The van der Waals surface area contributed by atoms with E-state index in [0.29, 0.717) is 13.0 Å². The molecule has 36 heavy (non-hydrogen) atoms. The van der Waals surface area contributed by atoms with E-state index in [-0.39, 0.29) is 41.5 Å². The zero-order chi connectivity index (χ0) is 25.4. The summed E-state index contributed by atoms with van der Waals surface area (Å²) in [6, 6.07) is 8.82. The third-order valence-electron chi connectivity index (χ3n) is 9.07. The zero-order valence-electron chi connectivity index (χ0n) is 21.3. The minimum atomic E-state index is -0.661. The first-order valence-corrected chi connectivity index (χ1v) is 14.5. The van der Waals surface area contributed by atoms with Gasteiger partial charge in [-0.05, 0) is 37.2 Å². The van der Waals surface area contributed by atoms with Crippen molar-refractivity contribution in [1.82, 2.24) is 15.5 Å². The Labute approximate surface area is 218 Å². The minimum Gasteiger partial charge on any atom is -0.394 e. The highest BCUT2D eigenvalue weighted by molar-refractivity contribution is 8.02. The van der Waals surface area contributed by atoms with Crippen LogP contribution >= 0.6 is 11.8 Å². The number of rotatable bonds is 8. The normalized spacial score (nSPS) is 34.5. The van der Waals surface area contributed by atoms with Gasteiger partial charge in [-0.2, -0.15) is 0 Å². The van der Waals surface area contributed by atoms with Crippen LogP contribution < -0.4 is 10.6 Å². The molecule has 1 saturated carbocycles. The number of aliphatic hydroxyl groups excluding tert-OH is 1. The number of hydrogen-bond acceptors (Lipinski definition) is 5. The van der Waals surface area contributed by atoms with E-state index in [1.165, 1.54) is 6.42 Å². The molecule has 1 spiro atoms. The summed E-state index contributed by atoms with van der Waals surface area (Å²) in [5.74, 6) is -1.23. The first-order valence-electron chi connectivity index (χ1n) is 13.6. The van der Waals surface area contributed by atoms with Crippen molar-refractivity contribution < 1.29 is 19.5 Å². The van der Waals surface area contributed by atoms with E-state index in [4.69, 9.17) is 0 Å². The Balaban J connectivity index is 1.45. The molecular formula is C28H39N3O4S. The zero-order valence-corrected chi connectivity index (χ0v) is 22.1. The van der Waals surface area contributed by atoms with E-state index in [2.05, 4.69) is 17.6 Å². The fraction of sp³-hybridized carbons (Fsp3) is 0.679. The molecule has 5 rings (SSSR count). The third kappa shape index (κ3) is 4.14. The van der Waals surface area contributed by atoms with Crippen LogP contribution in [0, 0.1) is 17.8 Å². The molecule has 4 aliphatic rings. The third-order valence-corrected chi connectivity index (χ3v) is 11.1. The van der Waals surface area contributed by atoms with Crippen LogP contribution in [0.3, 0.4) is 0 Å². The molecule has 7 atom stereocenters. The second kappa shape index (κ2) is 10.4. The number of benzene rings is 1. The highest BCUT2D eigenvalue weighted by atomic mass is 32.2. The lowest BCUT2D eigenvalue weighted by atomic mass is 9.65.